The van der Waals surface area contributed by atoms with Crippen LogP contribution in [0.3, 0.4) is 0 Å². The van der Waals surface area contributed by atoms with Crippen molar-refractivity contribution in [1.29, 1.82) is 0 Å². The predicted octanol–water partition coefficient (Wildman–Crippen LogP) is 13.8. The van der Waals surface area contributed by atoms with E-state index in [0.29, 0.717) is 0 Å². The van der Waals surface area contributed by atoms with Crippen LogP contribution in [0.4, 0.5) is 17.1 Å². The van der Waals surface area contributed by atoms with Crippen LogP contribution < -0.4 is 4.90 Å². The Balaban J connectivity index is 1.19. The van der Waals surface area contributed by atoms with Crippen LogP contribution in [-0.4, -0.2) is 0 Å². The molecule has 1 aromatic heterocycles. The van der Waals surface area contributed by atoms with E-state index in [2.05, 4.69) is 183 Å². The first-order chi connectivity index (χ1) is 25.1. The fourth-order valence-corrected chi connectivity index (χ4v) is 8.49. The lowest BCUT2D eigenvalue weighted by Crippen LogP contribution is -2.21. The molecule has 242 valence electrons. The number of furan rings is 1. The molecule has 9 aromatic rings. The first-order valence-electron chi connectivity index (χ1n) is 17.7. The van der Waals surface area contributed by atoms with Crippen molar-refractivity contribution in [2.45, 2.75) is 19.3 Å². The van der Waals surface area contributed by atoms with E-state index in [1.807, 2.05) is 12.1 Å². The van der Waals surface area contributed by atoms with Crippen molar-refractivity contribution in [2.24, 2.45) is 0 Å². The highest BCUT2D eigenvalue weighted by atomic mass is 16.3. The molecular weight excluding hydrogens is 619 g/mol. The number of hydrogen-bond acceptors (Lipinski definition) is 2. The minimum absolute atomic E-state index is 0.189. The van der Waals surface area contributed by atoms with E-state index in [1.54, 1.807) is 0 Å². The Morgan fingerprint density at radius 2 is 1.04 bits per heavy atom. The maximum atomic E-state index is 6.38. The second-order valence-corrected chi connectivity index (χ2v) is 14.1. The van der Waals surface area contributed by atoms with Crippen molar-refractivity contribution in [1.82, 2.24) is 0 Å². The molecule has 0 fully saturated rings. The molecule has 0 amide bonds. The monoisotopic (exact) mass is 653 g/mol. The molecule has 51 heavy (non-hydrogen) atoms. The standard InChI is InChI=1S/C49H35NO/c1-49(2)43-21-8-5-17-39(43)42-20-12-23-45(48(42)49)50(35-28-25-33(26-29-35)37-19-11-14-32-13-3-4-15-36(32)37)44-22-9-6-16-38(44)34-27-30-41-40-18-7-10-24-46(40)51-47(41)31-34/h3-31H,1-2H3. The number of benzene rings is 8. The fourth-order valence-electron chi connectivity index (χ4n) is 8.49. The number of fused-ring (bicyclic) bond motifs is 7. The first kappa shape index (κ1) is 29.5. The van der Waals surface area contributed by atoms with Crippen molar-refractivity contribution in [3.63, 3.8) is 0 Å². The van der Waals surface area contributed by atoms with Gasteiger partial charge in [0.05, 0.1) is 11.4 Å². The maximum absolute atomic E-state index is 6.38. The third kappa shape index (κ3) is 4.57. The van der Waals surface area contributed by atoms with Crippen LogP contribution in [0.2, 0.25) is 0 Å². The number of rotatable bonds is 5. The van der Waals surface area contributed by atoms with Crippen molar-refractivity contribution in [3.05, 3.63) is 187 Å². The third-order valence-corrected chi connectivity index (χ3v) is 10.9. The summed E-state index contributed by atoms with van der Waals surface area (Å²) < 4.78 is 6.38. The van der Waals surface area contributed by atoms with Gasteiger partial charge in [0.2, 0.25) is 0 Å². The summed E-state index contributed by atoms with van der Waals surface area (Å²) in [7, 11) is 0. The molecule has 2 nitrogen and oxygen atoms in total. The Morgan fingerprint density at radius 1 is 0.431 bits per heavy atom. The molecule has 10 rings (SSSR count). The van der Waals surface area contributed by atoms with Gasteiger partial charge in [0.1, 0.15) is 11.2 Å². The molecule has 2 heteroatoms. The Kier molecular flexibility index (Phi) is 6.56. The molecule has 0 saturated carbocycles. The quantitative estimate of drug-likeness (QED) is 0.184. The second-order valence-electron chi connectivity index (χ2n) is 14.1. The van der Waals surface area contributed by atoms with Crippen molar-refractivity contribution >= 4 is 49.8 Å². The summed E-state index contributed by atoms with van der Waals surface area (Å²) in [4.78, 5) is 2.47. The molecule has 0 saturated heterocycles. The molecule has 0 aliphatic heterocycles. The van der Waals surface area contributed by atoms with Crippen molar-refractivity contribution in [2.75, 3.05) is 4.90 Å². The molecule has 0 N–H and O–H groups in total. The number of hydrogen-bond donors (Lipinski definition) is 0. The third-order valence-electron chi connectivity index (χ3n) is 10.9. The van der Waals surface area contributed by atoms with Gasteiger partial charge in [-0.2, -0.15) is 0 Å². The van der Waals surface area contributed by atoms with Gasteiger partial charge in [-0.1, -0.05) is 147 Å². The first-order valence-corrected chi connectivity index (χ1v) is 17.7. The molecule has 0 bridgehead atoms. The molecule has 1 aliphatic rings. The molecule has 0 atom stereocenters. The second kappa shape index (κ2) is 11.3. The Morgan fingerprint density at radius 3 is 1.92 bits per heavy atom. The van der Waals surface area contributed by atoms with Gasteiger partial charge in [-0.15, -0.1) is 0 Å². The number of anilines is 3. The molecule has 0 radical (unpaired) electrons. The average molecular weight is 654 g/mol. The maximum Gasteiger partial charge on any atom is 0.136 e. The molecule has 0 unspecified atom stereocenters. The lowest BCUT2D eigenvalue weighted by Gasteiger charge is -2.33. The lowest BCUT2D eigenvalue weighted by molar-refractivity contribution is 0.661. The van der Waals surface area contributed by atoms with E-state index in [-0.39, 0.29) is 5.41 Å². The summed E-state index contributed by atoms with van der Waals surface area (Å²) >= 11 is 0. The smallest absolute Gasteiger partial charge is 0.136 e. The molecule has 8 aromatic carbocycles. The largest absolute Gasteiger partial charge is 0.456 e. The van der Waals surface area contributed by atoms with Crippen LogP contribution in [0.15, 0.2) is 180 Å². The van der Waals surface area contributed by atoms with Crippen LogP contribution in [0.5, 0.6) is 0 Å². The molecular formula is C49H35NO. The van der Waals surface area contributed by atoms with Gasteiger partial charge in [-0.05, 0) is 92.2 Å². The van der Waals surface area contributed by atoms with Gasteiger partial charge in [-0.25, -0.2) is 0 Å². The summed E-state index contributed by atoms with van der Waals surface area (Å²) in [5, 5.41) is 4.78. The van der Waals surface area contributed by atoms with Crippen molar-refractivity contribution in [3.8, 4) is 33.4 Å². The highest BCUT2D eigenvalue weighted by Crippen LogP contribution is 2.55. The van der Waals surface area contributed by atoms with E-state index in [0.717, 1.165) is 44.4 Å². The van der Waals surface area contributed by atoms with E-state index in [9.17, 15) is 0 Å². The summed E-state index contributed by atoms with van der Waals surface area (Å²) in [5.41, 5.74) is 15.0. The van der Waals surface area contributed by atoms with E-state index >= 15 is 0 Å². The van der Waals surface area contributed by atoms with Gasteiger partial charge in [-0.3, -0.25) is 0 Å². The van der Waals surface area contributed by atoms with Crippen LogP contribution in [0.1, 0.15) is 25.0 Å². The van der Waals surface area contributed by atoms with E-state index < -0.39 is 0 Å². The fraction of sp³-hybridized carbons (Fsp3) is 0.0612. The molecule has 1 heterocycles. The van der Waals surface area contributed by atoms with Gasteiger partial charge in [0, 0.05) is 27.4 Å². The van der Waals surface area contributed by atoms with Crippen LogP contribution >= 0.6 is 0 Å². The summed E-state index contributed by atoms with van der Waals surface area (Å²) in [6.07, 6.45) is 0. The van der Waals surface area contributed by atoms with Crippen LogP contribution in [-0.2, 0) is 5.41 Å². The topological polar surface area (TPSA) is 16.4 Å². The molecule has 0 spiro atoms. The average Bonchev–Trinajstić information content (AvgIpc) is 3.67. The Bertz CT molecular complexity index is 2780. The highest BCUT2D eigenvalue weighted by molar-refractivity contribution is 6.06. The van der Waals surface area contributed by atoms with E-state index in [4.69, 9.17) is 4.42 Å². The summed E-state index contributed by atoms with van der Waals surface area (Å²) in [6, 6.07) is 63.7. The zero-order chi connectivity index (χ0) is 34.1. The summed E-state index contributed by atoms with van der Waals surface area (Å²) in [6.45, 7) is 4.73. The van der Waals surface area contributed by atoms with Gasteiger partial charge >= 0.3 is 0 Å². The van der Waals surface area contributed by atoms with Crippen molar-refractivity contribution < 1.29 is 4.42 Å². The zero-order valence-electron chi connectivity index (χ0n) is 28.6. The van der Waals surface area contributed by atoms with E-state index in [1.165, 1.54) is 49.8 Å². The van der Waals surface area contributed by atoms with Gasteiger partial charge in [0.25, 0.3) is 0 Å². The SMILES string of the molecule is CC1(C)c2ccccc2-c2cccc(N(c3ccc(-c4cccc5ccccc45)cc3)c3ccccc3-c3ccc4c(c3)oc3ccccc34)c21. The number of nitrogens with zero attached hydrogens (tertiary/aromatic N) is 1. The Labute approximate surface area is 297 Å². The number of para-hydroxylation sites is 2. The zero-order valence-corrected chi connectivity index (χ0v) is 28.6. The van der Waals surface area contributed by atoms with Gasteiger partial charge < -0.3 is 9.32 Å². The predicted molar refractivity (Wildman–Crippen MR) is 214 cm³/mol. The minimum Gasteiger partial charge on any atom is -0.456 e. The normalized spacial score (nSPS) is 13.1. The van der Waals surface area contributed by atoms with Gasteiger partial charge in [0.15, 0.2) is 0 Å². The lowest BCUT2D eigenvalue weighted by atomic mass is 9.81. The Hall–Kier alpha value is -6.38. The highest BCUT2D eigenvalue weighted by Gasteiger charge is 2.39. The van der Waals surface area contributed by atoms with Crippen LogP contribution in [0.25, 0.3) is 66.1 Å². The molecule has 1 aliphatic carbocycles. The minimum atomic E-state index is -0.189. The summed E-state index contributed by atoms with van der Waals surface area (Å²) in [5.74, 6) is 0. The van der Waals surface area contributed by atoms with Crippen LogP contribution in [0, 0.1) is 0 Å².